The number of aliphatic carboxylic acids is 2. The molecule has 0 aromatic rings. The van der Waals surface area contributed by atoms with Crippen molar-refractivity contribution in [2.75, 3.05) is 0 Å². The maximum Gasteiger partial charge on any atom is 0.309 e. The highest BCUT2D eigenvalue weighted by atomic mass is 16.4. The molecule has 7 aliphatic carbocycles. The molecule has 44 heavy (non-hydrogen) atoms. The second-order valence-corrected chi connectivity index (χ2v) is 18.6. The monoisotopic (exact) mass is 604 g/mol. The average molecular weight is 605 g/mol. The first-order chi connectivity index (χ1) is 20.6. The van der Waals surface area contributed by atoms with Crippen molar-refractivity contribution in [2.24, 2.45) is 80.8 Å². The van der Waals surface area contributed by atoms with Gasteiger partial charge in [-0.2, -0.15) is 0 Å². The van der Waals surface area contributed by atoms with Gasteiger partial charge < -0.3 is 10.2 Å². The van der Waals surface area contributed by atoms with Gasteiger partial charge in [-0.15, -0.1) is 0 Å². The van der Waals surface area contributed by atoms with Gasteiger partial charge in [-0.05, 0) is 148 Å². The Balaban J connectivity index is 1.48. The number of allylic oxidation sites excluding steroid dienone is 4. The van der Waals surface area contributed by atoms with Crippen molar-refractivity contribution in [3.05, 3.63) is 22.3 Å². The lowest BCUT2D eigenvalue weighted by Gasteiger charge is -2.70. The third-order valence-corrected chi connectivity index (χ3v) is 16.4. The van der Waals surface area contributed by atoms with E-state index in [0.29, 0.717) is 47.3 Å². The van der Waals surface area contributed by atoms with E-state index in [0.717, 1.165) is 64.2 Å². The number of carboxylic acids is 2. The van der Waals surface area contributed by atoms with Gasteiger partial charge in [0.05, 0.1) is 10.8 Å². The van der Waals surface area contributed by atoms with Gasteiger partial charge >= 0.3 is 11.9 Å². The van der Waals surface area contributed by atoms with Crippen LogP contribution in [0.25, 0.3) is 0 Å². The van der Waals surface area contributed by atoms with Gasteiger partial charge in [0.15, 0.2) is 0 Å². The Hall–Kier alpha value is -1.58. The largest absolute Gasteiger partial charge is 0.481 e. The third kappa shape index (κ3) is 3.81. The summed E-state index contributed by atoms with van der Waals surface area (Å²) in [6.07, 6.45) is 12.7. The standard InChI is InChI=1S/C40H60O4/c1-21(2)23-11-13-27-33-26(20-30-37(27,5)15-9-18-40(30,8)36(43)44)32-24(22(3)4)12-14-28-34(32)25(31(23)33)19-29-38(28,6)16-10-17-39(29,7)35(41)42/h21-22,25-30,33-34H,9-20H2,1-8H3,(H,41,42)(H,43,44)/t25?,26?,27-,28-,29+,30+,33+,34+,37+,38+,39+,40+/m0/s1. The summed E-state index contributed by atoms with van der Waals surface area (Å²) in [4.78, 5) is 26.2. The molecule has 0 aromatic heterocycles. The van der Waals surface area contributed by atoms with Gasteiger partial charge in [0.2, 0.25) is 0 Å². The van der Waals surface area contributed by atoms with Gasteiger partial charge in [0.25, 0.3) is 0 Å². The van der Waals surface area contributed by atoms with Crippen LogP contribution in [0.2, 0.25) is 0 Å². The molecule has 0 aromatic carbocycles. The lowest BCUT2D eigenvalue weighted by atomic mass is 9.34. The first-order valence-electron chi connectivity index (χ1n) is 18.5. The second-order valence-electron chi connectivity index (χ2n) is 18.6. The number of fused-ring (bicyclic) bond motifs is 6. The van der Waals surface area contributed by atoms with E-state index >= 15 is 0 Å². The van der Waals surface area contributed by atoms with Gasteiger partial charge in [0.1, 0.15) is 0 Å². The van der Waals surface area contributed by atoms with E-state index in [9.17, 15) is 19.8 Å². The van der Waals surface area contributed by atoms with Gasteiger partial charge in [0, 0.05) is 0 Å². The fourth-order valence-corrected chi connectivity index (χ4v) is 14.5. The van der Waals surface area contributed by atoms with Crippen LogP contribution in [0.5, 0.6) is 0 Å². The first-order valence-corrected chi connectivity index (χ1v) is 18.5. The van der Waals surface area contributed by atoms with E-state index in [1.807, 2.05) is 0 Å². The molecule has 5 saturated carbocycles. The quantitative estimate of drug-likeness (QED) is 0.313. The Morgan fingerprint density at radius 1 is 0.636 bits per heavy atom. The van der Waals surface area contributed by atoms with E-state index in [-0.39, 0.29) is 22.7 Å². The smallest absolute Gasteiger partial charge is 0.309 e. The van der Waals surface area contributed by atoms with Crippen molar-refractivity contribution in [1.82, 2.24) is 0 Å². The zero-order valence-electron chi connectivity index (χ0n) is 29.0. The Labute approximate surface area is 266 Å². The molecule has 7 rings (SSSR count). The van der Waals surface area contributed by atoms with Crippen molar-refractivity contribution in [2.45, 2.75) is 132 Å². The Morgan fingerprint density at radius 2 is 1.00 bits per heavy atom. The van der Waals surface area contributed by atoms with Crippen molar-refractivity contribution in [3.63, 3.8) is 0 Å². The highest BCUT2D eigenvalue weighted by molar-refractivity contribution is 5.75. The van der Waals surface area contributed by atoms with E-state index < -0.39 is 22.8 Å². The molecular formula is C40H60O4. The van der Waals surface area contributed by atoms with Crippen molar-refractivity contribution < 1.29 is 19.8 Å². The summed E-state index contributed by atoms with van der Waals surface area (Å²) in [5.74, 6) is 3.27. The number of rotatable bonds is 4. The SMILES string of the molecule is CC(C)C1=C2C3C[C@@H]4[C@](C)(CCC[C@@]4(C)C(=O)O)[C@H]4CCC(C(C)C)=C(C5C[C@@H]6[C@](C)(CCC[C@@]6(C)C(=O)O)[C@@H](CC1)[C@H]25)[C@H]34. The number of hydrogen-bond acceptors (Lipinski definition) is 2. The third-order valence-electron chi connectivity index (χ3n) is 16.4. The molecule has 0 heterocycles. The lowest BCUT2D eigenvalue weighted by Crippen LogP contribution is -2.64. The first kappa shape index (κ1) is 31.0. The van der Waals surface area contributed by atoms with Crippen LogP contribution >= 0.6 is 0 Å². The van der Waals surface area contributed by atoms with Crippen LogP contribution in [-0.2, 0) is 9.59 Å². The molecule has 244 valence electrons. The second kappa shape index (κ2) is 9.96. The summed E-state index contributed by atoms with van der Waals surface area (Å²) in [5.41, 5.74) is 5.73. The average Bonchev–Trinajstić information content (AvgIpc) is 2.95. The molecule has 4 nitrogen and oxygen atoms in total. The zero-order valence-corrected chi connectivity index (χ0v) is 29.0. The maximum absolute atomic E-state index is 13.1. The number of carbonyl (C=O) groups is 2. The number of hydrogen-bond donors (Lipinski definition) is 2. The summed E-state index contributed by atoms with van der Waals surface area (Å²) in [7, 11) is 0. The summed E-state index contributed by atoms with van der Waals surface area (Å²) in [5, 5.41) is 21.6. The van der Waals surface area contributed by atoms with Crippen molar-refractivity contribution in [1.29, 1.82) is 0 Å². The molecule has 0 bridgehead atoms. The van der Waals surface area contributed by atoms with Crippen molar-refractivity contribution in [3.8, 4) is 0 Å². The molecule has 2 N–H and O–H groups in total. The van der Waals surface area contributed by atoms with Crippen LogP contribution in [-0.4, -0.2) is 22.2 Å². The molecule has 0 amide bonds. The van der Waals surface area contributed by atoms with Crippen LogP contribution in [0.1, 0.15) is 132 Å². The minimum Gasteiger partial charge on any atom is -0.481 e. The van der Waals surface area contributed by atoms with Crippen molar-refractivity contribution >= 4 is 11.9 Å². The Bertz CT molecular complexity index is 1220. The Kier molecular flexibility index (Phi) is 7.03. The van der Waals surface area contributed by atoms with Crippen LogP contribution < -0.4 is 0 Å². The molecule has 7 aliphatic rings. The minimum atomic E-state index is -0.653. The van der Waals surface area contributed by atoms with Gasteiger partial charge in [-0.1, -0.05) is 76.7 Å². The summed E-state index contributed by atoms with van der Waals surface area (Å²) >= 11 is 0. The topological polar surface area (TPSA) is 74.6 Å². The molecule has 0 radical (unpaired) electrons. The highest BCUT2D eigenvalue weighted by Crippen LogP contribution is 2.76. The predicted octanol–water partition coefficient (Wildman–Crippen LogP) is 9.79. The Morgan fingerprint density at radius 3 is 1.32 bits per heavy atom. The van der Waals surface area contributed by atoms with Gasteiger partial charge in [-0.25, -0.2) is 0 Å². The molecular weight excluding hydrogens is 544 g/mol. The van der Waals surface area contributed by atoms with Crippen LogP contribution in [0.4, 0.5) is 0 Å². The predicted molar refractivity (Wildman–Crippen MR) is 175 cm³/mol. The van der Waals surface area contributed by atoms with E-state index in [1.165, 1.54) is 12.8 Å². The van der Waals surface area contributed by atoms with Gasteiger partial charge in [-0.3, -0.25) is 9.59 Å². The summed E-state index contributed by atoms with van der Waals surface area (Å²) in [6, 6.07) is 0. The van der Waals surface area contributed by atoms with Crippen LogP contribution in [0.3, 0.4) is 0 Å². The highest BCUT2D eigenvalue weighted by Gasteiger charge is 2.69. The molecule has 5 fully saturated rings. The molecule has 0 spiro atoms. The lowest BCUT2D eigenvalue weighted by molar-refractivity contribution is -0.184. The maximum atomic E-state index is 13.1. The molecule has 12 atom stereocenters. The fraction of sp³-hybridized carbons (Fsp3) is 0.850. The summed E-state index contributed by atoms with van der Waals surface area (Å²) < 4.78 is 0. The van der Waals surface area contributed by atoms with E-state index in [1.54, 1.807) is 22.3 Å². The van der Waals surface area contributed by atoms with E-state index in [4.69, 9.17) is 0 Å². The fourth-order valence-electron chi connectivity index (χ4n) is 14.5. The molecule has 0 saturated heterocycles. The van der Waals surface area contributed by atoms with Crippen LogP contribution in [0, 0.1) is 80.8 Å². The summed E-state index contributed by atoms with van der Waals surface area (Å²) in [6.45, 7) is 18.8. The van der Waals surface area contributed by atoms with Crippen LogP contribution in [0.15, 0.2) is 22.3 Å². The zero-order chi connectivity index (χ0) is 31.7. The number of carboxylic acid groups (broad SMARTS) is 2. The molecule has 0 aliphatic heterocycles. The molecule has 4 heteroatoms. The minimum absolute atomic E-state index is 0.0450. The molecule has 2 unspecified atom stereocenters. The van der Waals surface area contributed by atoms with E-state index in [2.05, 4.69) is 55.4 Å². The normalized spacial score (nSPS) is 49.7.